The molecule has 1 aliphatic rings. The smallest absolute Gasteiger partial charge is 0.409 e. The molecule has 9 heteroatoms. The molecule has 3 N–H and O–H groups in total. The number of nitrogens with one attached hydrogen (secondary N) is 2. The first-order chi connectivity index (χ1) is 17.0. The Balaban J connectivity index is 1.84. The van der Waals surface area contributed by atoms with Gasteiger partial charge in [-0.1, -0.05) is 38.1 Å². The first kappa shape index (κ1) is 27.5. The Morgan fingerprint density at radius 3 is 2.47 bits per heavy atom. The lowest BCUT2D eigenvalue weighted by molar-refractivity contribution is -0.120. The molecule has 3 atom stereocenters. The van der Waals surface area contributed by atoms with E-state index in [1.165, 1.54) is 26.2 Å². The van der Waals surface area contributed by atoms with E-state index in [9.17, 15) is 23.5 Å². The number of halogens is 2. The van der Waals surface area contributed by atoms with Gasteiger partial charge in [-0.3, -0.25) is 4.79 Å². The van der Waals surface area contributed by atoms with Crippen LogP contribution in [0.2, 0.25) is 0 Å². The summed E-state index contributed by atoms with van der Waals surface area (Å²) in [6.45, 7) is 6.41. The second-order valence-electron chi connectivity index (χ2n) is 9.74. The summed E-state index contributed by atoms with van der Waals surface area (Å²) >= 11 is 0. The topological polar surface area (TPSA) is 90.9 Å². The van der Waals surface area contributed by atoms with Gasteiger partial charge in [-0.05, 0) is 47.6 Å². The van der Waals surface area contributed by atoms with E-state index in [1.807, 2.05) is 12.1 Å². The van der Waals surface area contributed by atoms with Crippen molar-refractivity contribution < 1.29 is 28.2 Å². The van der Waals surface area contributed by atoms with Crippen LogP contribution in [0.4, 0.5) is 13.6 Å². The number of nitrogens with zero attached hydrogens (tertiary/aromatic N) is 1. The van der Waals surface area contributed by atoms with Gasteiger partial charge in [0.25, 0.3) is 0 Å². The summed E-state index contributed by atoms with van der Waals surface area (Å²) in [4.78, 5) is 25.7. The number of hydrogen-bond acceptors (Lipinski definition) is 5. The standard InChI is InChI=1S/C27H35F2N3O4/c1-17(2)20-6-5-7-21(13-20)27(8-9-32(16-27)26(35)36-4)30-15-25(34)24(31-18(3)33)12-19-10-22(28)14-23(29)11-19/h5-7,10-11,13-14,17,24-25,30,34H,8-9,12,15-16H2,1-4H3,(H,31,33)/t24-,25+,27?/m0/s1. The molecule has 196 valence electrons. The van der Waals surface area contributed by atoms with Gasteiger partial charge in [0.1, 0.15) is 11.6 Å². The number of aliphatic hydroxyl groups is 1. The van der Waals surface area contributed by atoms with Crippen molar-refractivity contribution in [3.05, 3.63) is 70.8 Å². The van der Waals surface area contributed by atoms with E-state index in [2.05, 4.69) is 36.6 Å². The number of methoxy groups -OCH3 is 1. The summed E-state index contributed by atoms with van der Waals surface area (Å²) in [7, 11) is 1.34. The van der Waals surface area contributed by atoms with Crippen LogP contribution >= 0.6 is 0 Å². The Hall–Kier alpha value is -3.04. The second kappa shape index (κ2) is 11.8. The number of benzene rings is 2. The minimum Gasteiger partial charge on any atom is -0.453 e. The molecule has 2 amide bonds. The van der Waals surface area contributed by atoms with Crippen LogP contribution in [0.1, 0.15) is 49.8 Å². The van der Waals surface area contributed by atoms with Gasteiger partial charge < -0.3 is 25.4 Å². The molecular formula is C27H35F2N3O4. The molecular weight excluding hydrogens is 468 g/mol. The van der Waals surface area contributed by atoms with E-state index in [1.54, 1.807) is 4.90 Å². The maximum atomic E-state index is 13.7. The van der Waals surface area contributed by atoms with E-state index < -0.39 is 35.4 Å². The van der Waals surface area contributed by atoms with Crippen LogP contribution in [0.5, 0.6) is 0 Å². The van der Waals surface area contributed by atoms with Gasteiger partial charge in [-0.25, -0.2) is 13.6 Å². The maximum Gasteiger partial charge on any atom is 0.409 e. The first-order valence-electron chi connectivity index (χ1n) is 12.1. The van der Waals surface area contributed by atoms with Gasteiger partial charge >= 0.3 is 6.09 Å². The normalized spacial score (nSPS) is 19.3. The van der Waals surface area contributed by atoms with Crippen molar-refractivity contribution in [2.75, 3.05) is 26.7 Å². The number of aliphatic hydroxyl groups excluding tert-OH is 1. The zero-order valence-electron chi connectivity index (χ0n) is 21.2. The zero-order valence-corrected chi connectivity index (χ0v) is 21.2. The number of rotatable bonds is 9. The summed E-state index contributed by atoms with van der Waals surface area (Å²) in [5, 5.41) is 17.2. The molecule has 0 aliphatic carbocycles. The van der Waals surface area contributed by atoms with Crippen LogP contribution in [0, 0.1) is 11.6 Å². The van der Waals surface area contributed by atoms with Gasteiger partial charge in [0, 0.05) is 32.6 Å². The number of hydrogen-bond donors (Lipinski definition) is 3. The fourth-order valence-corrected chi connectivity index (χ4v) is 4.74. The lowest BCUT2D eigenvalue weighted by Crippen LogP contribution is -2.53. The van der Waals surface area contributed by atoms with Gasteiger partial charge in [-0.2, -0.15) is 0 Å². The molecule has 3 rings (SSSR count). The Morgan fingerprint density at radius 1 is 1.17 bits per heavy atom. The van der Waals surface area contributed by atoms with Crippen LogP contribution in [-0.2, 0) is 21.5 Å². The van der Waals surface area contributed by atoms with Gasteiger partial charge in [-0.15, -0.1) is 0 Å². The summed E-state index contributed by atoms with van der Waals surface area (Å²) in [5.41, 5.74) is 1.80. The molecule has 2 aromatic rings. The summed E-state index contributed by atoms with van der Waals surface area (Å²) < 4.78 is 32.3. The van der Waals surface area contributed by atoms with Crippen molar-refractivity contribution in [2.24, 2.45) is 0 Å². The lowest BCUT2D eigenvalue weighted by Gasteiger charge is -2.34. The number of ether oxygens (including phenoxy) is 1. The third kappa shape index (κ3) is 6.79. The molecule has 2 aromatic carbocycles. The Kier molecular flexibility index (Phi) is 9.03. The van der Waals surface area contributed by atoms with Crippen molar-refractivity contribution >= 4 is 12.0 Å². The molecule has 0 spiro atoms. The highest BCUT2D eigenvalue weighted by atomic mass is 19.1. The van der Waals surface area contributed by atoms with Crippen molar-refractivity contribution in [3.8, 4) is 0 Å². The monoisotopic (exact) mass is 503 g/mol. The average Bonchev–Trinajstić information content (AvgIpc) is 3.26. The minimum atomic E-state index is -1.07. The van der Waals surface area contributed by atoms with Crippen molar-refractivity contribution in [3.63, 3.8) is 0 Å². The predicted molar refractivity (Wildman–Crippen MR) is 132 cm³/mol. The highest BCUT2D eigenvalue weighted by Crippen LogP contribution is 2.34. The molecule has 36 heavy (non-hydrogen) atoms. The van der Waals surface area contributed by atoms with Crippen molar-refractivity contribution in [1.29, 1.82) is 0 Å². The van der Waals surface area contributed by atoms with Crippen molar-refractivity contribution in [2.45, 2.75) is 57.2 Å². The largest absolute Gasteiger partial charge is 0.453 e. The Labute approximate surface area is 210 Å². The fourth-order valence-electron chi connectivity index (χ4n) is 4.74. The number of carbonyl (C=O) groups excluding carboxylic acids is 2. The Bertz CT molecular complexity index is 1060. The molecule has 0 aromatic heterocycles. The van der Waals surface area contributed by atoms with Gasteiger partial charge in [0.05, 0.1) is 24.8 Å². The second-order valence-corrected chi connectivity index (χ2v) is 9.74. The molecule has 1 heterocycles. The average molecular weight is 504 g/mol. The summed E-state index contributed by atoms with van der Waals surface area (Å²) in [6, 6.07) is 10.5. The lowest BCUT2D eigenvalue weighted by atomic mass is 9.86. The van der Waals surface area contributed by atoms with Gasteiger partial charge in [0.15, 0.2) is 0 Å². The molecule has 1 fully saturated rings. The van der Waals surface area contributed by atoms with Crippen LogP contribution < -0.4 is 10.6 Å². The Morgan fingerprint density at radius 2 is 1.86 bits per heavy atom. The van der Waals surface area contributed by atoms with Crippen LogP contribution in [0.3, 0.4) is 0 Å². The van der Waals surface area contributed by atoms with E-state index in [4.69, 9.17) is 4.74 Å². The molecule has 0 radical (unpaired) electrons. The van der Waals surface area contributed by atoms with Crippen LogP contribution in [0.25, 0.3) is 0 Å². The maximum absolute atomic E-state index is 13.7. The predicted octanol–water partition coefficient (Wildman–Crippen LogP) is 3.45. The van der Waals surface area contributed by atoms with E-state index in [0.717, 1.165) is 17.2 Å². The van der Waals surface area contributed by atoms with E-state index >= 15 is 0 Å². The number of carbonyl (C=O) groups is 2. The summed E-state index contributed by atoms with van der Waals surface area (Å²) in [6.07, 6.45) is -0.863. The van der Waals surface area contributed by atoms with Crippen molar-refractivity contribution in [1.82, 2.24) is 15.5 Å². The molecule has 1 saturated heterocycles. The van der Waals surface area contributed by atoms with Crippen LogP contribution in [0.15, 0.2) is 42.5 Å². The van der Waals surface area contributed by atoms with E-state index in [0.29, 0.717) is 31.0 Å². The first-order valence-corrected chi connectivity index (χ1v) is 12.1. The fraction of sp³-hybridized carbons (Fsp3) is 0.481. The van der Waals surface area contributed by atoms with Crippen LogP contribution in [-0.4, -0.2) is 60.9 Å². The highest BCUT2D eigenvalue weighted by molar-refractivity contribution is 5.73. The molecule has 1 unspecified atom stereocenters. The third-order valence-electron chi connectivity index (χ3n) is 6.69. The number of likely N-dealkylation sites (tertiary alicyclic amines) is 1. The van der Waals surface area contributed by atoms with Gasteiger partial charge in [0.2, 0.25) is 5.91 Å². The minimum absolute atomic E-state index is 0.0429. The molecule has 1 aliphatic heterocycles. The molecule has 7 nitrogen and oxygen atoms in total. The summed E-state index contributed by atoms with van der Waals surface area (Å²) in [5.74, 6) is -1.51. The molecule has 0 saturated carbocycles. The third-order valence-corrected chi connectivity index (χ3v) is 6.69. The zero-order chi connectivity index (χ0) is 26.5. The SMILES string of the molecule is COC(=O)N1CCC(NC[C@@H](O)[C@H](Cc2cc(F)cc(F)c2)NC(C)=O)(c2cccc(C(C)C)c2)C1. The quantitative estimate of drug-likeness (QED) is 0.488. The molecule has 0 bridgehead atoms. The van der Waals surface area contributed by atoms with E-state index in [-0.39, 0.29) is 18.9 Å². The number of amides is 2. The highest BCUT2D eigenvalue weighted by Gasteiger charge is 2.42.